The van der Waals surface area contributed by atoms with Gasteiger partial charge in [-0.3, -0.25) is 0 Å². The highest BCUT2D eigenvalue weighted by molar-refractivity contribution is 7.25. The van der Waals surface area contributed by atoms with Crippen molar-refractivity contribution in [3.63, 3.8) is 0 Å². The molecule has 0 N–H and O–H groups in total. The molecule has 1 aromatic heterocycles. The van der Waals surface area contributed by atoms with E-state index in [1.165, 1.54) is 85.9 Å². The predicted molar refractivity (Wildman–Crippen MR) is 243 cm³/mol. The Hall–Kier alpha value is -7.00. The van der Waals surface area contributed by atoms with Gasteiger partial charge in [0, 0.05) is 37.2 Å². The molecule has 0 aliphatic carbocycles. The Morgan fingerprint density at radius 2 is 0.750 bits per heavy atom. The van der Waals surface area contributed by atoms with Crippen LogP contribution in [0.25, 0.3) is 85.9 Å². The molecule has 0 aliphatic rings. The number of fused-ring (bicyclic) bond motifs is 7. The quantitative estimate of drug-likeness (QED) is 0.154. The minimum atomic E-state index is 1.12. The average Bonchev–Trinajstić information content (AvgIpc) is 3.64. The predicted octanol–water partition coefficient (Wildman–Crippen LogP) is 16.0. The summed E-state index contributed by atoms with van der Waals surface area (Å²) in [6.45, 7) is 0. The van der Waals surface area contributed by atoms with Gasteiger partial charge in [-0.2, -0.15) is 0 Å². The molecule has 0 bridgehead atoms. The second-order valence-electron chi connectivity index (χ2n) is 14.5. The van der Waals surface area contributed by atoms with Gasteiger partial charge in [-0.25, -0.2) is 0 Å². The van der Waals surface area contributed by atoms with Crippen LogP contribution in [0.2, 0.25) is 0 Å². The van der Waals surface area contributed by atoms with Gasteiger partial charge in [-0.05, 0) is 114 Å². The van der Waals surface area contributed by atoms with Crippen molar-refractivity contribution in [2.24, 2.45) is 0 Å². The van der Waals surface area contributed by atoms with Gasteiger partial charge >= 0.3 is 0 Å². The summed E-state index contributed by atoms with van der Waals surface area (Å²) >= 11 is 1.86. The number of anilines is 3. The molecular weight excluding hydrogens is 695 g/mol. The van der Waals surface area contributed by atoms with Crippen LogP contribution in [0.15, 0.2) is 212 Å². The molecule has 1 nitrogen and oxygen atoms in total. The van der Waals surface area contributed by atoms with Crippen LogP contribution in [0.3, 0.4) is 0 Å². The second-order valence-corrected chi connectivity index (χ2v) is 15.6. The Morgan fingerprint density at radius 1 is 0.268 bits per heavy atom. The Bertz CT molecular complexity index is 3240. The summed E-state index contributed by atoms with van der Waals surface area (Å²) in [5, 5.41) is 10.0. The molecule has 2 heteroatoms. The summed E-state index contributed by atoms with van der Waals surface area (Å²) in [6.07, 6.45) is 0. The van der Waals surface area contributed by atoms with E-state index in [-0.39, 0.29) is 0 Å². The summed E-state index contributed by atoms with van der Waals surface area (Å²) in [5.74, 6) is 0. The van der Waals surface area contributed by atoms with Gasteiger partial charge in [0.1, 0.15) is 0 Å². The number of benzene rings is 10. The van der Waals surface area contributed by atoms with Gasteiger partial charge in [0.25, 0.3) is 0 Å². The molecule has 11 rings (SSSR count). The molecule has 0 spiro atoms. The lowest BCUT2D eigenvalue weighted by Crippen LogP contribution is -2.10. The van der Waals surface area contributed by atoms with E-state index in [0.717, 1.165) is 17.1 Å². The van der Waals surface area contributed by atoms with Crippen molar-refractivity contribution >= 4 is 80.9 Å². The Balaban J connectivity index is 1.18. The first-order valence-corrected chi connectivity index (χ1v) is 20.0. The molecule has 0 amide bonds. The zero-order valence-corrected chi connectivity index (χ0v) is 31.4. The van der Waals surface area contributed by atoms with Crippen LogP contribution in [-0.4, -0.2) is 0 Å². The third kappa shape index (κ3) is 5.46. The van der Waals surface area contributed by atoms with E-state index < -0.39 is 0 Å². The summed E-state index contributed by atoms with van der Waals surface area (Å²) < 4.78 is 2.59. The van der Waals surface area contributed by atoms with E-state index in [0.29, 0.717) is 0 Å². The molecule has 262 valence electrons. The number of rotatable bonds is 6. The van der Waals surface area contributed by atoms with Crippen LogP contribution in [0, 0.1) is 0 Å². The fourth-order valence-electron chi connectivity index (χ4n) is 8.61. The second kappa shape index (κ2) is 13.4. The normalized spacial score (nSPS) is 11.6. The van der Waals surface area contributed by atoms with Crippen molar-refractivity contribution in [3.8, 4) is 33.4 Å². The molecule has 0 radical (unpaired) electrons. The summed E-state index contributed by atoms with van der Waals surface area (Å²) in [5.41, 5.74) is 10.7. The zero-order chi connectivity index (χ0) is 37.0. The maximum Gasteiger partial charge on any atom is 0.0476 e. The lowest BCUT2D eigenvalue weighted by atomic mass is 9.85. The van der Waals surface area contributed by atoms with Gasteiger partial charge in [0.05, 0.1) is 0 Å². The Morgan fingerprint density at radius 3 is 1.48 bits per heavy atom. The van der Waals surface area contributed by atoms with Crippen molar-refractivity contribution < 1.29 is 0 Å². The summed E-state index contributed by atoms with van der Waals surface area (Å²) in [7, 11) is 0. The van der Waals surface area contributed by atoms with Crippen molar-refractivity contribution in [1.82, 2.24) is 0 Å². The van der Waals surface area contributed by atoms with E-state index >= 15 is 0 Å². The minimum Gasteiger partial charge on any atom is -0.310 e. The maximum atomic E-state index is 2.44. The monoisotopic (exact) mass is 729 g/mol. The fourth-order valence-corrected chi connectivity index (χ4v) is 9.75. The fraction of sp³-hybridized carbons (Fsp3) is 0. The maximum absolute atomic E-state index is 2.44. The Kier molecular flexibility index (Phi) is 7.75. The first kappa shape index (κ1) is 32.4. The van der Waals surface area contributed by atoms with Gasteiger partial charge in [0.15, 0.2) is 0 Å². The van der Waals surface area contributed by atoms with E-state index in [4.69, 9.17) is 0 Å². The molecule has 0 saturated carbocycles. The van der Waals surface area contributed by atoms with Gasteiger partial charge in [0.2, 0.25) is 0 Å². The Labute approximate surface area is 330 Å². The molecule has 0 unspecified atom stereocenters. The van der Waals surface area contributed by atoms with Crippen molar-refractivity contribution in [2.45, 2.75) is 0 Å². The van der Waals surface area contributed by atoms with Crippen LogP contribution < -0.4 is 4.90 Å². The van der Waals surface area contributed by atoms with E-state index in [1.54, 1.807) is 0 Å². The van der Waals surface area contributed by atoms with Crippen LogP contribution in [0.4, 0.5) is 17.1 Å². The molecule has 0 fully saturated rings. The van der Waals surface area contributed by atoms with Crippen LogP contribution >= 0.6 is 11.3 Å². The smallest absolute Gasteiger partial charge is 0.0476 e. The van der Waals surface area contributed by atoms with E-state index in [9.17, 15) is 0 Å². The zero-order valence-electron chi connectivity index (χ0n) is 30.6. The average molecular weight is 730 g/mol. The van der Waals surface area contributed by atoms with Crippen LogP contribution in [-0.2, 0) is 0 Å². The summed E-state index contributed by atoms with van der Waals surface area (Å²) in [4.78, 5) is 2.44. The van der Waals surface area contributed by atoms with Crippen LogP contribution in [0.5, 0.6) is 0 Å². The van der Waals surface area contributed by atoms with Crippen molar-refractivity contribution in [1.29, 1.82) is 0 Å². The lowest BCUT2D eigenvalue weighted by Gasteiger charge is -2.27. The standard InChI is InChI=1S/C54H35NS/c1-4-14-36(15-5-1)39-24-25-41-33-42(27-26-40(41)32-39)55(44-29-31-48-47-21-12-13-23-51(47)56-52(48)35-44)43-28-30-46-45-20-10-11-22-49(45)53(37-16-6-2-7-17-37)54(50(46)34-43)38-18-8-3-9-19-38/h1-35H. The largest absolute Gasteiger partial charge is 0.310 e. The lowest BCUT2D eigenvalue weighted by molar-refractivity contribution is 1.30. The number of hydrogen-bond acceptors (Lipinski definition) is 2. The molecule has 0 aliphatic heterocycles. The first-order valence-electron chi connectivity index (χ1n) is 19.2. The summed E-state index contributed by atoms with van der Waals surface area (Å²) in [6, 6.07) is 77.8. The highest BCUT2D eigenvalue weighted by Crippen LogP contribution is 2.48. The first-order chi connectivity index (χ1) is 27.8. The SMILES string of the molecule is c1ccc(-c2ccc3cc(N(c4ccc5c(c4)sc4ccccc45)c4ccc5c(c4)c(-c4ccccc4)c(-c4ccccc4)c4ccccc45)ccc3c2)cc1. The van der Waals surface area contributed by atoms with Crippen molar-refractivity contribution in [2.75, 3.05) is 4.90 Å². The van der Waals surface area contributed by atoms with Gasteiger partial charge < -0.3 is 4.90 Å². The number of nitrogens with zero attached hydrogens (tertiary/aromatic N) is 1. The number of thiophene rings is 1. The van der Waals surface area contributed by atoms with Gasteiger partial charge in [-0.1, -0.05) is 164 Å². The molecule has 0 atom stereocenters. The molecule has 1 heterocycles. The topological polar surface area (TPSA) is 3.24 Å². The third-order valence-corrected chi connectivity index (χ3v) is 12.3. The van der Waals surface area contributed by atoms with Crippen LogP contribution in [0.1, 0.15) is 0 Å². The van der Waals surface area contributed by atoms with Crippen molar-refractivity contribution in [3.05, 3.63) is 212 Å². The highest BCUT2D eigenvalue weighted by atomic mass is 32.1. The van der Waals surface area contributed by atoms with E-state index in [2.05, 4.69) is 217 Å². The van der Waals surface area contributed by atoms with E-state index in [1.807, 2.05) is 11.3 Å². The molecular formula is C54H35NS. The highest BCUT2D eigenvalue weighted by Gasteiger charge is 2.21. The minimum absolute atomic E-state index is 1.12. The number of hydrogen-bond donors (Lipinski definition) is 0. The van der Waals surface area contributed by atoms with Gasteiger partial charge in [-0.15, -0.1) is 11.3 Å². The molecule has 10 aromatic carbocycles. The molecule has 11 aromatic rings. The molecule has 0 saturated heterocycles. The third-order valence-electron chi connectivity index (χ3n) is 11.2. The molecule has 56 heavy (non-hydrogen) atoms.